The second-order valence-electron chi connectivity index (χ2n) is 2.47. The van der Waals surface area contributed by atoms with Crippen LogP contribution in [0, 0.1) is 0 Å². The van der Waals surface area contributed by atoms with Gasteiger partial charge in [0.25, 0.3) is 0 Å². The van der Waals surface area contributed by atoms with E-state index < -0.39 is 12.1 Å². The number of ether oxygens (including phenoxy) is 1. The Labute approximate surface area is 71.3 Å². The first-order chi connectivity index (χ1) is 4.70. The molecule has 11 heavy (non-hydrogen) atoms. The van der Waals surface area contributed by atoms with Crippen molar-refractivity contribution < 1.29 is 14.6 Å². The first-order valence-electron chi connectivity index (χ1n) is 3.28. The lowest BCUT2D eigenvalue weighted by molar-refractivity contribution is -0.152. The Morgan fingerprint density at radius 1 is 1.73 bits per heavy atom. The third kappa shape index (κ3) is 3.05. The predicted octanol–water partition coefficient (Wildman–Crippen LogP) is -0.130. The molecule has 0 aromatic rings. The monoisotopic (exact) mass is 181 g/mol. The van der Waals surface area contributed by atoms with E-state index in [2.05, 4.69) is 5.32 Å². The van der Waals surface area contributed by atoms with Crippen LogP contribution in [0.3, 0.4) is 0 Å². The smallest absolute Gasteiger partial charge is 0.334 e. The van der Waals surface area contributed by atoms with E-state index in [1.807, 2.05) is 6.92 Å². The van der Waals surface area contributed by atoms with Crippen LogP contribution in [0.25, 0.3) is 0 Å². The fourth-order valence-electron chi connectivity index (χ4n) is 0.845. The number of nitrogens with one attached hydrogen (secondary N) is 1. The van der Waals surface area contributed by atoms with E-state index in [0.717, 1.165) is 0 Å². The first kappa shape index (κ1) is 10.7. The molecule has 1 aliphatic heterocycles. The Morgan fingerprint density at radius 3 is 2.73 bits per heavy atom. The number of carboxylic acids is 1. The molecular weight excluding hydrogens is 170 g/mol. The minimum Gasteiger partial charge on any atom is -0.479 e. The van der Waals surface area contributed by atoms with Gasteiger partial charge in [0.2, 0.25) is 0 Å². The molecular formula is C6H12ClNO3. The highest BCUT2D eigenvalue weighted by Crippen LogP contribution is 1.99. The molecule has 66 valence electrons. The molecule has 0 aromatic heterocycles. The van der Waals surface area contributed by atoms with Crippen molar-refractivity contribution in [3.63, 3.8) is 0 Å². The summed E-state index contributed by atoms with van der Waals surface area (Å²) in [5.74, 6) is -0.889. The van der Waals surface area contributed by atoms with Crippen molar-refractivity contribution in [2.75, 3.05) is 13.2 Å². The zero-order valence-corrected chi connectivity index (χ0v) is 7.06. The summed E-state index contributed by atoms with van der Waals surface area (Å²) in [5.41, 5.74) is 0. The maximum absolute atomic E-state index is 10.3. The second-order valence-corrected chi connectivity index (χ2v) is 2.47. The Kier molecular flexibility index (Phi) is 4.40. The molecule has 2 unspecified atom stereocenters. The summed E-state index contributed by atoms with van der Waals surface area (Å²) < 4.78 is 4.99. The van der Waals surface area contributed by atoms with Crippen LogP contribution in [-0.2, 0) is 9.53 Å². The lowest BCUT2D eigenvalue weighted by atomic mass is 10.2. The zero-order valence-electron chi connectivity index (χ0n) is 6.24. The van der Waals surface area contributed by atoms with Crippen molar-refractivity contribution in [1.29, 1.82) is 0 Å². The van der Waals surface area contributed by atoms with Crippen LogP contribution in [0.5, 0.6) is 0 Å². The lowest BCUT2D eigenvalue weighted by Crippen LogP contribution is -2.47. The van der Waals surface area contributed by atoms with E-state index in [1.165, 1.54) is 0 Å². The van der Waals surface area contributed by atoms with Crippen molar-refractivity contribution >= 4 is 18.4 Å². The fourth-order valence-corrected chi connectivity index (χ4v) is 0.845. The van der Waals surface area contributed by atoms with E-state index >= 15 is 0 Å². The summed E-state index contributed by atoms with van der Waals surface area (Å²) in [6.07, 6.45) is -0.656. The third-order valence-corrected chi connectivity index (χ3v) is 1.47. The summed E-state index contributed by atoms with van der Waals surface area (Å²) in [7, 11) is 0. The molecule has 5 heteroatoms. The summed E-state index contributed by atoms with van der Waals surface area (Å²) in [5, 5.41) is 11.5. The standard InChI is InChI=1S/C6H11NO3.ClH/c1-4-3-10-5(2-7-4)6(8)9;/h4-5,7H,2-3H2,1H3,(H,8,9);1H. The average molecular weight is 182 g/mol. The zero-order chi connectivity index (χ0) is 7.56. The van der Waals surface area contributed by atoms with Crippen molar-refractivity contribution in [2.24, 2.45) is 0 Å². The number of aliphatic carboxylic acids is 1. The number of rotatable bonds is 1. The van der Waals surface area contributed by atoms with Gasteiger partial charge in [0.15, 0.2) is 6.10 Å². The molecule has 1 saturated heterocycles. The van der Waals surface area contributed by atoms with Gasteiger partial charge in [0, 0.05) is 12.6 Å². The van der Waals surface area contributed by atoms with E-state index in [0.29, 0.717) is 13.2 Å². The quantitative estimate of drug-likeness (QED) is 0.592. The van der Waals surface area contributed by atoms with Crippen LogP contribution in [-0.4, -0.2) is 36.4 Å². The molecule has 0 spiro atoms. The highest BCUT2D eigenvalue weighted by Gasteiger charge is 2.23. The molecule has 2 N–H and O–H groups in total. The van der Waals surface area contributed by atoms with Gasteiger partial charge in [-0.2, -0.15) is 0 Å². The Balaban J connectivity index is 0.000001000. The molecule has 0 bridgehead atoms. The van der Waals surface area contributed by atoms with E-state index in [1.54, 1.807) is 0 Å². The average Bonchev–Trinajstić information content (AvgIpc) is 1.88. The largest absolute Gasteiger partial charge is 0.479 e. The molecule has 0 aromatic carbocycles. The Hall–Kier alpha value is -0.320. The SMILES string of the molecule is CC1COC(C(=O)O)CN1.Cl. The molecule has 2 atom stereocenters. The van der Waals surface area contributed by atoms with Crippen molar-refractivity contribution in [2.45, 2.75) is 19.1 Å². The summed E-state index contributed by atoms with van der Waals surface area (Å²) in [4.78, 5) is 10.3. The van der Waals surface area contributed by atoms with Gasteiger partial charge in [0.1, 0.15) is 0 Å². The van der Waals surface area contributed by atoms with Gasteiger partial charge < -0.3 is 15.2 Å². The van der Waals surface area contributed by atoms with Crippen LogP contribution < -0.4 is 5.32 Å². The van der Waals surface area contributed by atoms with Gasteiger partial charge >= 0.3 is 5.97 Å². The number of carbonyl (C=O) groups is 1. The Morgan fingerprint density at radius 2 is 2.36 bits per heavy atom. The molecule has 1 fully saturated rings. The van der Waals surface area contributed by atoms with Gasteiger partial charge in [-0.15, -0.1) is 12.4 Å². The van der Waals surface area contributed by atoms with Crippen molar-refractivity contribution in [3.8, 4) is 0 Å². The molecule has 4 nitrogen and oxygen atoms in total. The molecule has 0 amide bonds. The molecule has 0 saturated carbocycles. The molecule has 1 aliphatic rings. The molecule has 0 radical (unpaired) electrons. The summed E-state index contributed by atoms with van der Waals surface area (Å²) in [6.45, 7) is 2.85. The van der Waals surface area contributed by atoms with Gasteiger partial charge in [-0.3, -0.25) is 0 Å². The third-order valence-electron chi connectivity index (χ3n) is 1.47. The minimum absolute atomic E-state index is 0. The minimum atomic E-state index is -0.889. The molecule has 1 rings (SSSR count). The topological polar surface area (TPSA) is 58.6 Å². The van der Waals surface area contributed by atoms with Gasteiger partial charge in [-0.1, -0.05) is 0 Å². The number of halogens is 1. The van der Waals surface area contributed by atoms with E-state index in [9.17, 15) is 4.79 Å². The first-order valence-corrected chi connectivity index (χ1v) is 3.28. The highest BCUT2D eigenvalue weighted by molar-refractivity contribution is 5.85. The van der Waals surface area contributed by atoms with Gasteiger partial charge in [0.05, 0.1) is 6.61 Å². The van der Waals surface area contributed by atoms with Gasteiger partial charge in [-0.05, 0) is 6.92 Å². The number of carboxylic acid groups (broad SMARTS) is 1. The Bertz CT molecular complexity index is 134. The van der Waals surface area contributed by atoms with Crippen LogP contribution in [0.15, 0.2) is 0 Å². The number of hydrogen-bond acceptors (Lipinski definition) is 3. The fraction of sp³-hybridized carbons (Fsp3) is 0.833. The van der Waals surface area contributed by atoms with Crippen molar-refractivity contribution in [3.05, 3.63) is 0 Å². The maximum atomic E-state index is 10.3. The number of morpholine rings is 1. The van der Waals surface area contributed by atoms with Crippen LogP contribution in [0.4, 0.5) is 0 Å². The highest BCUT2D eigenvalue weighted by atomic mass is 35.5. The molecule has 0 aliphatic carbocycles. The predicted molar refractivity (Wildman–Crippen MR) is 42.1 cm³/mol. The molecule has 1 heterocycles. The summed E-state index contributed by atoms with van der Waals surface area (Å²) in [6, 6.07) is 0.274. The van der Waals surface area contributed by atoms with Crippen LogP contribution >= 0.6 is 12.4 Å². The van der Waals surface area contributed by atoms with Crippen LogP contribution in [0.1, 0.15) is 6.92 Å². The second kappa shape index (κ2) is 4.54. The van der Waals surface area contributed by atoms with Crippen LogP contribution in [0.2, 0.25) is 0 Å². The normalized spacial score (nSPS) is 30.6. The summed E-state index contributed by atoms with van der Waals surface area (Å²) >= 11 is 0. The van der Waals surface area contributed by atoms with Crippen molar-refractivity contribution in [1.82, 2.24) is 5.32 Å². The van der Waals surface area contributed by atoms with Gasteiger partial charge in [-0.25, -0.2) is 4.79 Å². The lowest BCUT2D eigenvalue weighted by Gasteiger charge is -2.25. The van der Waals surface area contributed by atoms with E-state index in [4.69, 9.17) is 9.84 Å². The number of hydrogen-bond donors (Lipinski definition) is 2. The van der Waals surface area contributed by atoms with E-state index in [-0.39, 0.29) is 18.4 Å². The maximum Gasteiger partial charge on any atom is 0.334 e.